The molecule has 2 aliphatic carbocycles. The van der Waals surface area contributed by atoms with Crippen molar-refractivity contribution in [2.24, 2.45) is 0 Å². The van der Waals surface area contributed by atoms with Crippen LogP contribution in [0.5, 0.6) is 0 Å². The molecule has 0 aromatic rings. The van der Waals surface area contributed by atoms with E-state index in [2.05, 4.69) is 30.4 Å². The summed E-state index contributed by atoms with van der Waals surface area (Å²) in [6.07, 6.45) is 23.0. The van der Waals surface area contributed by atoms with Gasteiger partial charge in [-0.15, -0.1) is 12.8 Å². The summed E-state index contributed by atoms with van der Waals surface area (Å²) in [6.45, 7) is 0. The van der Waals surface area contributed by atoms with Gasteiger partial charge < -0.3 is 0 Å². The molecule has 0 aliphatic heterocycles. The zero-order valence-corrected chi connectivity index (χ0v) is 8.98. The van der Waals surface area contributed by atoms with E-state index in [1.807, 2.05) is 18.2 Å². The van der Waals surface area contributed by atoms with Gasteiger partial charge in [-0.25, -0.2) is 24.3 Å². The largest absolute Gasteiger partial charge is 2.00 e. The molecule has 0 fully saturated rings. The normalized spacial score (nSPS) is 17.2. The second kappa shape index (κ2) is 9.58. The maximum Gasteiger partial charge on any atom is 2.00 e. The van der Waals surface area contributed by atoms with Crippen LogP contribution in [0.3, 0.4) is 0 Å². The Labute approximate surface area is 91.9 Å². The van der Waals surface area contributed by atoms with Crippen molar-refractivity contribution < 1.29 is 17.4 Å². The molecule has 13 heavy (non-hydrogen) atoms. The molecule has 2 rings (SSSR count). The van der Waals surface area contributed by atoms with Gasteiger partial charge in [0.05, 0.1) is 0 Å². The number of hydrogen-bond donors (Lipinski definition) is 0. The molecule has 0 radical (unpaired) electrons. The van der Waals surface area contributed by atoms with Crippen LogP contribution < -0.4 is 0 Å². The Bertz CT molecular complexity index is 187. The first-order chi connectivity index (χ1) is 6.00. The van der Waals surface area contributed by atoms with Gasteiger partial charge in [0, 0.05) is 0 Å². The fourth-order valence-electron chi connectivity index (χ4n) is 0.978. The molecular formula is C12H14Cr. The Kier molecular flexibility index (Phi) is 9.21. The van der Waals surface area contributed by atoms with E-state index in [-0.39, 0.29) is 17.4 Å². The number of rotatable bonds is 0. The number of hydrogen-bond acceptors (Lipinski definition) is 0. The van der Waals surface area contributed by atoms with Crippen molar-refractivity contribution in [2.45, 2.75) is 25.7 Å². The molecule has 0 unspecified atom stereocenters. The van der Waals surface area contributed by atoms with Gasteiger partial charge in [-0.1, -0.05) is 12.8 Å². The first-order valence-electron chi connectivity index (χ1n) is 4.43. The fourth-order valence-corrected chi connectivity index (χ4v) is 0.978. The van der Waals surface area contributed by atoms with Gasteiger partial charge in [-0.2, -0.15) is 12.2 Å². The Morgan fingerprint density at radius 1 is 0.923 bits per heavy atom. The minimum absolute atomic E-state index is 0. The summed E-state index contributed by atoms with van der Waals surface area (Å²) in [6, 6.07) is 0. The minimum atomic E-state index is 0. The monoisotopic (exact) mass is 210 g/mol. The first kappa shape index (κ1) is 12.5. The molecule has 2 aliphatic rings. The van der Waals surface area contributed by atoms with Crippen molar-refractivity contribution in [1.29, 1.82) is 0 Å². The smallest absolute Gasteiger partial charge is 0.275 e. The van der Waals surface area contributed by atoms with Crippen LogP contribution >= 0.6 is 0 Å². The van der Waals surface area contributed by atoms with E-state index < -0.39 is 0 Å². The molecule has 0 N–H and O–H groups in total. The molecule has 0 aromatic carbocycles. The summed E-state index contributed by atoms with van der Waals surface area (Å²) in [7, 11) is 0. The van der Waals surface area contributed by atoms with Gasteiger partial charge >= 0.3 is 17.4 Å². The molecule has 0 bridgehead atoms. The van der Waals surface area contributed by atoms with Crippen LogP contribution in [0.15, 0.2) is 36.5 Å². The zero-order valence-electron chi connectivity index (χ0n) is 7.70. The second-order valence-corrected chi connectivity index (χ2v) is 2.69. The van der Waals surface area contributed by atoms with Crippen LogP contribution in [0.1, 0.15) is 25.7 Å². The topological polar surface area (TPSA) is 0 Å². The zero-order chi connectivity index (χ0) is 8.49. The molecule has 0 saturated heterocycles. The van der Waals surface area contributed by atoms with Crippen molar-refractivity contribution in [3.63, 3.8) is 0 Å². The Balaban J connectivity index is 0.000000215. The summed E-state index contributed by atoms with van der Waals surface area (Å²) >= 11 is 0. The van der Waals surface area contributed by atoms with Crippen molar-refractivity contribution in [3.05, 3.63) is 48.6 Å². The molecule has 1 heteroatoms. The van der Waals surface area contributed by atoms with Gasteiger partial charge in [0.25, 0.3) is 0 Å². The van der Waals surface area contributed by atoms with Gasteiger partial charge in [-0.3, -0.25) is 12.2 Å². The Hall–Kier alpha value is -0.508. The van der Waals surface area contributed by atoms with Crippen molar-refractivity contribution in [2.75, 3.05) is 0 Å². The molecule has 0 spiro atoms. The SMILES string of the molecule is [C-]1=CC=CC1.[C-]1=CC=CCCC1.[Cr+2]. The quantitative estimate of drug-likeness (QED) is 0.537. The molecule has 0 nitrogen and oxygen atoms in total. The molecule has 68 valence electrons. The van der Waals surface area contributed by atoms with E-state index in [0.29, 0.717) is 0 Å². The summed E-state index contributed by atoms with van der Waals surface area (Å²) in [4.78, 5) is 0. The van der Waals surface area contributed by atoms with E-state index in [1.165, 1.54) is 12.8 Å². The predicted molar refractivity (Wildman–Crippen MR) is 52.4 cm³/mol. The van der Waals surface area contributed by atoms with Crippen molar-refractivity contribution >= 4 is 0 Å². The van der Waals surface area contributed by atoms with Crippen LogP contribution in [0.2, 0.25) is 0 Å². The number of allylic oxidation sites excluding steroid dienone is 8. The summed E-state index contributed by atoms with van der Waals surface area (Å²) in [5, 5.41) is 0. The minimum Gasteiger partial charge on any atom is -0.275 e. The summed E-state index contributed by atoms with van der Waals surface area (Å²) in [5.41, 5.74) is 0. The Morgan fingerprint density at radius 3 is 2.31 bits per heavy atom. The van der Waals surface area contributed by atoms with E-state index in [1.54, 1.807) is 0 Å². The van der Waals surface area contributed by atoms with Crippen LogP contribution in [0, 0.1) is 12.2 Å². The van der Waals surface area contributed by atoms with E-state index >= 15 is 0 Å². The maximum atomic E-state index is 3.14. The van der Waals surface area contributed by atoms with Crippen molar-refractivity contribution in [1.82, 2.24) is 0 Å². The van der Waals surface area contributed by atoms with Gasteiger partial charge in [0.15, 0.2) is 0 Å². The van der Waals surface area contributed by atoms with Crippen LogP contribution in [0.4, 0.5) is 0 Å². The third kappa shape index (κ3) is 7.84. The summed E-state index contributed by atoms with van der Waals surface area (Å²) in [5.74, 6) is 0. The van der Waals surface area contributed by atoms with Gasteiger partial charge in [0.1, 0.15) is 0 Å². The third-order valence-corrected chi connectivity index (χ3v) is 1.63. The van der Waals surface area contributed by atoms with Crippen LogP contribution in [0.25, 0.3) is 0 Å². The van der Waals surface area contributed by atoms with Crippen LogP contribution in [-0.2, 0) is 17.4 Å². The van der Waals surface area contributed by atoms with Crippen LogP contribution in [-0.4, -0.2) is 0 Å². The third-order valence-electron chi connectivity index (χ3n) is 1.63. The fraction of sp³-hybridized carbons (Fsp3) is 0.333. The molecular weight excluding hydrogens is 196 g/mol. The average Bonchev–Trinajstić information content (AvgIpc) is 2.54. The summed E-state index contributed by atoms with van der Waals surface area (Å²) < 4.78 is 0. The Morgan fingerprint density at radius 2 is 1.69 bits per heavy atom. The van der Waals surface area contributed by atoms with E-state index in [9.17, 15) is 0 Å². The molecule has 0 atom stereocenters. The maximum absolute atomic E-state index is 3.14. The van der Waals surface area contributed by atoms with E-state index in [0.717, 1.165) is 12.8 Å². The predicted octanol–water partition coefficient (Wildman–Crippen LogP) is 3.39. The average molecular weight is 210 g/mol. The molecule has 0 saturated carbocycles. The molecule has 0 amide bonds. The standard InChI is InChI=1S/C7H9.C5H5.Cr/c1-2-4-6-7-5-3-1;1-2-4-5-3-1;/h1-3H,4,6-7H2;1-3H,4H2;/q2*-1;+2. The van der Waals surface area contributed by atoms with Crippen molar-refractivity contribution in [3.8, 4) is 0 Å². The second-order valence-electron chi connectivity index (χ2n) is 2.69. The van der Waals surface area contributed by atoms with Gasteiger partial charge in [0.2, 0.25) is 0 Å². The van der Waals surface area contributed by atoms with Gasteiger partial charge in [-0.05, 0) is 0 Å². The molecule has 0 aromatic heterocycles. The first-order valence-corrected chi connectivity index (χ1v) is 4.43. The van der Waals surface area contributed by atoms with E-state index in [4.69, 9.17) is 0 Å². The molecule has 0 heterocycles.